The van der Waals surface area contributed by atoms with Crippen LogP contribution in [0, 0.1) is 11.6 Å². The first-order valence-corrected chi connectivity index (χ1v) is 8.55. The Morgan fingerprint density at radius 2 is 1.67 bits per heavy atom. The summed E-state index contributed by atoms with van der Waals surface area (Å²) in [6.07, 6.45) is 4.36. The normalized spacial score (nSPS) is 15.9. The molecule has 0 aromatic heterocycles. The molecule has 3 rings (SSSR count). The van der Waals surface area contributed by atoms with Gasteiger partial charge < -0.3 is 10.6 Å². The van der Waals surface area contributed by atoms with Crippen molar-refractivity contribution < 1.29 is 8.78 Å². The highest BCUT2D eigenvalue weighted by Gasteiger charge is 2.35. The van der Waals surface area contributed by atoms with Gasteiger partial charge in [-0.3, -0.25) is 0 Å². The molecule has 0 heterocycles. The number of benzene rings is 2. The summed E-state index contributed by atoms with van der Waals surface area (Å²) in [6.45, 7) is 0.652. The van der Waals surface area contributed by atoms with E-state index in [2.05, 4.69) is 10.6 Å². The second-order valence-electron chi connectivity index (χ2n) is 6.28. The molecule has 2 aromatic rings. The van der Waals surface area contributed by atoms with Crippen LogP contribution in [0.3, 0.4) is 0 Å². The molecule has 1 aliphatic rings. The highest BCUT2D eigenvalue weighted by atomic mass is 32.1. The Balaban J connectivity index is 1.67. The Bertz CT molecular complexity index is 710. The first-order valence-electron chi connectivity index (χ1n) is 8.15. The lowest BCUT2D eigenvalue weighted by molar-refractivity contribution is 0.434. The maximum absolute atomic E-state index is 13.7. The van der Waals surface area contributed by atoms with E-state index >= 15 is 0 Å². The Morgan fingerprint density at radius 1 is 1.00 bits per heavy atom. The highest BCUT2D eigenvalue weighted by Crippen LogP contribution is 2.40. The summed E-state index contributed by atoms with van der Waals surface area (Å²) in [5, 5.41) is 6.51. The number of anilines is 1. The Morgan fingerprint density at radius 3 is 2.33 bits per heavy atom. The standard InChI is InChI=1S/C19H20F2N2S/c20-15-9-7-14(8-10-15)19(11-3-4-12-19)13-22-18(24)23-17-6-2-1-5-16(17)21/h1-2,5-10H,3-4,11-13H2,(H2,22,23,24). The molecule has 2 nitrogen and oxygen atoms in total. The zero-order chi connectivity index (χ0) is 17.0. The van der Waals surface area contributed by atoms with Gasteiger partial charge in [-0.2, -0.15) is 0 Å². The van der Waals surface area contributed by atoms with Gasteiger partial charge in [0.25, 0.3) is 0 Å². The fraction of sp³-hybridized carbons (Fsp3) is 0.316. The van der Waals surface area contributed by atoms with Crippen LogP contribution in [-0.4, -0.2) is 11.7 Å². The van der Waals surface area contributed by atoms with Crippen LogP contribution < -0.4 is 10.6 Å². The third kappa shape index (κ3) is 3.73. The third-order valence-corrected chi connectivity index (χ3v) is 4.97. The van der Waals surface area contributed by atoms with Crippen molar-refractivity contribution in [1.29, 1.82) is 0 Å². The largest absolute Gasteiger partial charge is 0.362 e. The minimum Gasteiger partial charge on any atom is -0.362 e. The summed E-state index contributed by atoms with van der Waals surface area (Å²) in [6, 6.07) is 13.2. The molecule has 0 spiro atoms. The molecule has 0 saturated heterocycles. The smallest absolute Gasteiger partial charge is 0.170 e. The fourth-order valence-electron chi connectivity index (χ4n) is 3.40. The van der Waals surface area contributed by atoms with Crippen molar-refractivity contribution in [3.05, 3.63) is 65.7 Å². The van der Waals surface area contributed by atoms with Crippen LogP contribution in [0.5, 0.6) is 0 Å². The Labute approximate surface area is 146 Å². The van der Waals surface area contributed by atoms with E-state index in [0.717, 1.165) is 31.2 Å². The molecule has 0 unspecified atom stereocenters. The number of para-hydroxylation sites is 1. The third-order valence-electron chi connectivity index (χ3n) is 4.73. The average molecular weight is 346 g/mol. The van der Waals surface area contributed by atoms with Crippen molar-refractivity contribution in [1.82, 2.24) is 5.32 Å². The predicted octanol–water partition coefficient (Wildman–Crippen LogP) is 4.76. The van der Waals surface area contributed by atoms with E-state index in [9.17, 15) is 8.78 Å². The quantitative estimate of drug-likeness (QED) is 0.780. The molecule has 0 radical (unpaired) electrons. The van der Waals surface area contributed by atoms with Crippen LogP contribution in [-0.2, 0) is 5.41 Å². The van der Waals surface area contributed by atoms with Gasteiger partial charge >= 0.3 is 0 Å². The molecule has 1 aliphatic carbocycles. The van der Waals surface area contributed by atoms with Gasteiger partial charge in [0.1, 0.15) is 11.6 Å². The van der Waals surface area contributed by atoms with Crippen LogP contribution in [0.4, 0.5) is 14.5 Å². The van der Waals surface area contributed by atoms with Gasteiger partial charge in [-0.1, -0.05) is 37.1 Å². The van der Waals surface area contributed by atoms with Gasteiger partial charge in [0, 0.05) is 12.0 Å². The lowest BCUT2D eigenvalue weighted by Crippen LogP contribution is -2.40. The van der Waals surface area contributed by atoms with Crippen LogP contribution >= 0.6 is 12.2 Å². The fourth-order valence-corrected chi connectivity index (χ4v) is 3.58. The zero-order valence-corrected chi connectivity index (χ0v) is 14.1. The predicted molar refractivity (Wildman–Crippen MR) is 97.2 cm³/mol. The number of rotatable bonds is 4. The molecule has 5 heteroatoms. The van der Waals surface area contributed by atoms with Gasteiger partial charge in [-0.15, -0.1) is 0 Å². The SMILES string of the molecule is Fc1ccc(C2(CNC(=S)Nc3ccccc3F)CCCC2)cc1. The lowest BCUT2D eigenvalue weighted by atomic mass is 9.79. The first-order chi connectivity index (χ1) is 11.6. The van der Waals surface area contributed by atoms with E-state index in [-0.39, 0.29) is 17.0 Å². The van der Waals surface area contributed by atoms with Gasteiger partial charge in [0.2, 0.25) is 0 Å². The van der Waals surface area contributed by atoms with Crippen molar-refractivity contribution in [2.24, 2.45) is 0 Å². The summed E-state index contributed by atoms with van der Waals surface area (Å²) < 4.78 is 26.9. The summed E-state index contributed by atoms with van der Waals surface area (Å²) in [7, 11) is 0. The first kappa shape index (κ1) is 16.8. The molecule has 0 atom stereocenters. The number of hydrogen-bond donors (Lipinski definition) is 2. The highest BCUT2D eigenvalue weighted by molar-refractivity contribution is 7.80. The minimum absolute atomic E-state index is 0.0470. The monoisotopic (exact) mass is 346 g/mol. The molecule has 0 bridgehead atoms. The number of hydrogen-bond acceptors (Lipinski definition) is 1. The van der Waals surface area contributed by atoms with Gasteiger partial charge in [-0.25, -0.2) is 8.78 Å². The maximum Gasteiger partial charge on any atom is 0.170 e. The molecule has 1 fully saturated rings. The van der Waals surface area contributed by atoms with E-state index in [1.165, 1.54) is 18.2 Å². The van der Waals surface area contributed by atoms with E-state index in [0.29, 0.717) is 17.3 Å². The molecule has 2 aromatic carbocycles. The van der Waals surface area contributed by atoms with E-state index in [1.807, 2.05) is 12.1 Å². The van der Waals surface area contributed by atoms with E-state index < -0.39 is 0 Å². The van der Waals surface area contributed by atoms with Crippen molar-refractivity contribution in [3.63, 3.8) is 0 Å². The zero-order valence-electron chi connectivity index (χ0n) is 13.3. The number of halogens is 2. The minimum atomic E-state index is -0.337. The second kappa shape index (κ2) is 7.26. The van der Waals surface area contributed by atoms with Crippen molar-refractivity contribution >= 4 is 23.0 Å². The maximum atomic E-state index is 13.7. The van der Waals surface area contributed by atoms with Crippen LogP contribution in [0.15, 0.2) is 48.5 Å². The summed E-state index contributed by atoms with van der Waals surface area (Å²) >= 11 is 5.30. The van der Waals surface area contributed by atoms with Gasteiger partial charge in [0.15, 0.2) is 5.11 Å². The van der Waals surface area contributed by atoms with E-state index in [1.54, 1.807) is 18.2 Å². The topological polar surface area (TPSA) is 24.1 Å². The van der Waals surface area contributed by atoms with Crippen molar-refractivity contribution in [2.45, 2.75) is 31.1 Å². The van der Waals surface area contributed by atoms with Crippen LogP contribution in [0.1, 0.15) is 31.2 Å². The Kier molecular flexibility index (Phi) is 5.09. The molecule has 24 heavy (non-hydrogen) atoms. The van der Waals surface area contributed by atoms with Gasteiger partial charge in [0.05, 0.1) is 5.69 Å². The van der Waals surface area contributed by atoms with Crippen LogP contribution in [0.25, 0.3) is 0 Å². The summed E-state index contributed by atoms with van der Waals surface area (Å²) in [5.41, 5.74) is 1.44. The molecular formula is C19H20F2N2S. The molecular weight excluding hydrogens is 326 g/mol. The molecule has 2 N–H and O–H groups in total. The number of thiocarbonyl (C=S) groups is 1. The number of nitrogens with one attached hydrogen (secondary N) is 2. The van der Waals surface area contributed by atoms with Crippen LogP contribution in [0.2, 0.25) is 0 Å². The summed E-state index contributed by atoms with van der Waals surface area (Å²) in [5.74, 6) is -0.563. The molecule has 1 saturated carbocycles. The van der Waals surface area contributed by atoms with Crippen molar-refractivity contribution in [2.75, 3.05) is 11.9 Å². The van der Waals surface area contributed by atoms with E-state index in [4.69, 9.17) is 12.2 Å². The average Bonchev–Trinajstić information content (AvgIpc) is 3.06. The lowest BCUT2D eigenvalue weighted by Gasteiger charge is -2.30. The van der Waals surface area contributed by atoms with Crippen molar-refractivity contribution in [3.8, 4) is 0 Å². The Hall–Kier alpha value is -2.01. The van der Waals surface area contributed by atoms with Gasteiger partial charge in [-0.05, 0) is 54.9 Å². The molecule has 126 valence electrons. The summed E-state index contributed by atoms with van der Waals surface area (Å²) in [4.78, 5) is 0. The second-order valence-corrected chi connectivity index (χ2v) is 6.69. The molecule has 0 amide bonds. The molecule has 0 aliphatic heterocycles.